The molecule has 0 saturated carbocycles. The van der Waals surface area contributed by atoms with Gasteiger partial charge in [0.15, 0.2) is 5.16 Å². The van der Waals surface area contributed by atoms with Crippen molar-refractivity contribution in [1.29, 1.82) is 0 Å². The average molecular weight is 677 g/mol. The van der Waals surface area contributed by atoms with Gasteiger partial charge in [-0.25, -0.2) is 4.98 Å². The van der Waals surface area contributed by atoms with Crippen LogP contribution in [0.4, 0.5) is 18.9 Å². The molecule has 0 fully saturated rings. The molecule has 1 aliphatic carbocycles. The number of aryl methyl sites for hydroxylation is 1. The number of fused-ring (bicyclic) bond motifs is 4. The van der Waals surface area contributed by atoms with E-state index in [2.05, 4.69) is 9.88 Å². The monoisotopic (exact) mass is 676 g/mol. The van der Waals surface area contributed by atoms with Gasteiger partial charge < -0.3 is 15.6 Å². The maximum absolute atomic E-state index is 13.6. The van der Waals surface area contributed by atoms with Crippen molar-refractivity contribution >= 4 is 40.3 Å². The van der Waals surface area contributed by atoms with Crippen LogP contribution in [-0.4, -0.2) is 27.6 Å². The van der Waals surface area contributed by atoms with Gasteiger partial charge in [-0.05, 0) is 88.9 Å². The Labute approximate surface area is 285 Å². The summed E-state index contributed by atoms with van der Waals surface area (Å²) in [6.45, 7) is 0.556. The number of primary amides is 1. The number of amides is 2. The van der Waals surface area contributed by atoms with Gasteiger partial charge in [-0.2, -0.15) is 13.2 Å². The first-order valence-corrected chi connectivity index (χ1v) is 17.0. The van der Waals surface area contributed by atoms with Crippen molar-refractivity contribution < 1.29 is 22.8 Å². The molecule has 0 bridgehead atoms. The summed E-state index contributed by atoms with van der Waals surface area (Å²) in [5, 5.41) is 3.76. The van der Waals surface area contributed by atoms with Gasteiger partial charge in [0, 0.05) is 17.8 Å². The summed E-state index contributed by atoms with van der Waals surface area (Å²) >= 11 is 1.51. The van der Waals surface area contributed by atoms with Crippen molar-refractivity contribution in [3.05, 3.63) is 138 Å². The van der Waals surface area contributed by atoms with E-state index in [1.165, 1.54) is 23.9 Å². The molecule has 0 radical (unpaired) electrons. The summed E-state index contributed by atoms with van der Waals surface area (Å²) in [4.78, 5) is 31.7. The summed E-state index contributed by atoms with van der Waals surface area (Å²) in [6, 6.07) is 32.9. The highest BCUT2D eigenvalue weighted by Crippen LogP contribution is 2.51. The quantitative estimate of drug-likeness (QED) is 0.150. The second kappa shape index (κ2) is 12.6. The Morgan fingerprint density at radius 1 is 0.837 bits per heavy atom. The number of carbonyl (C=O) groups excluding carboxylic acids is 2. The van der Waals surface area contributed by atoms with Gasteiger partial charge in [0.1, 0.15) is 0 Å². The van der Waals surface area contributed by atoms with Crippen LogP contribution >= 0.6 is 11.8 Å². The lowest BCUT2D eigenvalue weighted by Crippen LogP contribution is -2.41. The molecular formula is C39H31F3N4O2S. The number of hydrogen-bond acceptors (Lipinski definition) is 4. The fraction of sp³-hybridized carbons (Fsp3) is 0.154. The van der Waals surface area contributed by atoms with Crippen molar-refractivity contribution in [2.75, 3.05) is 11.6 Å². The summed E-state index contributed by atoms with van der Waals surface area (Å²) < 4.78 is 41.5. The lowest BCUT2D eigenvalue weighted by atomic mass is 9.74. The molecule has 0 spiro atoms. The van der Waals surface area contributed by atoms with Crippen LogP contribution in [0.2, 0.25) is 0 Å². The maximum atomic E-state index is 13.6. The summed E-state index contributed by atoms with van der Waals surface area (Å²) in [6.07, 6.45) is -1.37. The fourth-order valence-electron chi connectivity index (χ4n) is 7.01. The van der Waals surface area contributed by atoms with Crippen molar-refractivity contribution in [3.8, 4) is 22.3 Å². The van der Waals surface area contributed by atoms with Crippen LogP contribution in [0.25, 0.3) is 33.3 Å². The number of halogens is 3. The maximum Gasteiger partial charge on any atom is 0.416 e. The molecule has 10 heteroatoms. The minimum absolute atomic E-state index is 0.328. The van der Waals surface area contributed by atoms with Crippen LogP contribution in [0.15, 0.2) is 120 Å². The van der Waals surface area contributed by atoms with E-state index in [4.69, 9.17) is 10.7 Å². The first-order valence-electron chi connectivity index (χ1n) is 15.7. The summed E-state index contributed by atoms with van der Waals surface area (Å²) in [5.74, 6) is -0.778. The lowest BCUT2D eigenvalue weighted by Gasteiger charge is -2.29. The highest BCUT2D eigenvalue weighted by molar-refractivity contribution is 7.98. The molecule has 0 aliphatic heterocycles. The van der Waals surface area contributed by atoms with Crippen molar-refractivity contribution in [2.45, 2.75) is 36.1 Å². The largest absolute Gasteiger partial charge is 0.416 e. The summed E-state index contributed by atoms with van der Waals surface area (Å²) in [7, 11) is 0. The van der Waals surface area contributed by atoms with Gasteiger partial charge in [0.2, 0.25) is 5.91 Å². The zero-order valence-electron chi connectivity index (χ0n) is 26.4. The molecule has 6 nitrogen and oxygen atoms in total. The number of rotatable bonds is 9. The van der Waals surface area contributed by atoms with Crippen LogP contribution in [-0.2, 0) is 22.9 Å². The molecule has 3 N–H and O–H groups in total. The molecule has 0 atom stereocenters. The number of nitrogens with zero attached hydrogens (tertiary/aromatic N) is 2. The second-order valence-corrected chi connectivity index (χ2v) is 12.8. The van der Waals surface area contributed by atoms with Crippen molar-refractivity contribution in [3.63, 3.8) is 0 Å². The van der Waals surface area contributed by atoms with Crippen LogP contribution in [0, 0.1) is 0 Å². The standard InChI is InChI=1S/C39H31F3N4O2S/c1-49-37-45-33-20-19-26(44-35(47)30-12-3-2-9-27(30)24-15-17-25(18-16-24)39(40,41)42)23-34(33)46(37)22-8-21-38(36(43)48)31-13-6-4-10-28(31)29-11-5-7-14-32(29)38/h2-7,9-20,23H,8,21-22H2,1H3,(H2,43,48)(H,44,47). The van der Waals surface area contributed by atoms with E-state index in [0.29, 0.717) is 41.8 Å². The minimum atomic E-state index is -4.45. The number of aromatic nitrogens is 2. The van der Waals surface area contributed by atoms with Crippen LogP contribution in [0.3, 0.4) is 0 Å². The molecule has 1 aliphatic rings. The predicted octanol–water partition coefficient (Wildman–Crippen LogP) is 8.93. The van der Waals surface area contributed by atoms with E-state index in [-0.39, 0.29) is 5.91 Å². The number of thioether (sulfide) groups is 1. The number of nitrogens with two attached hydrogens (primary N) is 1. The molecule has 6 aromatic rings. The third-order valence-corrected chi connectivity index (χ3v) is 9.94. The first kappa shape index (κ1) is 32.2. The van der Waals surface area contributed by atoms with E-state index >= 15 is 0 Å². The fourth-order valence-corrected chi connectivity index (χ4v) is 7.61. The normalized spacial score (nSPS) is 13.2. The molecule has 246 valence electrons. The van der Waals surface area contributed by atoms with Crippen LogP contribution < -0.4 is 11.1 Å². The Bertz CT molecular complexity index is 2180. The van der Waals surface area contributed by atoms with Gasteiger partial charge in [0.25, 0.3) is 5.91 Å². The van der Waals surface area contributed by atoms with Gasteiger partial charge in [0.05, 0.1) is 22.0 Å². The number of hydrogen-bond donors (Lipinski definition) is 2. The topological polar surface area (TPSA) is 90.0 Å². The van der Waals surface area contributed by atoms with E-state index in [1.807, 2.05) is 66.9 Å². The molecule has 5 aromatic carbocycles. The van der Waals surface area contributed by atoms with Crippen LogP contribution in [0.1, 0.15) is 39.9 Å². The number of anilines is 1. The van der Waals surface area contributed by atoms with Gasteiger partial charge in [-0.15, -0.1) is 0 Å². The van der Waals surface area contributed by atoms with E-state index in [9.17, 15) is 22.8 Å². The number of imidazole rings is 1. The second-order valence-electron chi connectivity index (χ2n) is 12.0. The molecule has 0 saturated heterocycles. The Hall–Kier alpha value is -5.35. The average Bonchev–Trinajstić information content (AvgIpc) is 3.61. The molecule has 2 amide bonds. The van der Waals surface area contributed by atoms with E-state index in [1.54, 1.807) is 30.3 Å². The van der Waals surface area contributed by atoms with E-state index < -0.39 is 23.1 Å². The number of benzene rings is 5. The van der Waals surface area contributed by atoms with Gasteiger partial charge >= 0.3 is 6.18 Å². The first-order chi connectivity index (χ1) is 23.6. The number of alkyl halides is 3. The number of carbonyl (C=O) groups is 2. The third kappa shape index (κ3) is 5.65. The Morgan fingerprint density at radius 3 is 2.06 bits per heavy atom. The number of nitrogens with one attached hydrogen (secondary N) is 1. The summed E-state index contributed by atoms with van der Waals surface area (Å²) in [5.41, 5.74) is 11.8. The smallest absolute Gasteiger partial charge is 0.369 e. The molecule has 7 rings (SSSR count). The Kier molecular flexibility index (Phi) is 8.28. The van der Waals surface area contributed by atoms with Crippen molar-refractivity contribution in [2.24, 2.45) is 5.73 Å². The predicted molar refractivity (Wildman–Crippen MR) is 187 cm³/mol. The minimum Gasteiger partial charge on any atom is -0.369 e. The third-order valence-electron chi connectivity index (χ3n) is 9.27. The van der Waals surface area contributed by atoms with Crippen molar-refractivity contribution in [1.82, 2.24) is 9.55 Å². The lowest BCUT2D eigenvalue weighted by molar-refractivity contribution is -0.137. The molecule has 49 heavy (non-hydrogen) atoms. The van der Waals surface area contributed by atoms with Gasteiger partial charge in [-0.1, -0.05) is 90.6 Å². The van der Waals surface area contributed by atoms with Gasteiger partial charge in [-0.3, -0.25) is 9.59 Å². The Balaban J connectivity index is 1.16. The molecular weight excluding hydrogens is 646 g/mol. The SMILES string of the molecule is CSc1nc2ccc(NC(=O)c3ccccc3-c3ccc(C(F)(F)F)cc3)cc2n1CCCC1(C(N)=O)c2ccccc2-c2ccccc21. The van der Waals surface area contributed by atoms with Crippen LogP contribution in [0.5, 0.6) is 0 Å². The highest BCUT2D eigenvalue weighted by atomic mass is 32.2. The zero-order valence-corrected chi connectivity index (χ0v) is 27.2. The molecule has 1 aromatic heterocycles. The highest BCUT2D eigenvalue weighted by Gasteiger charge is 2.47. The molecule has 0 unspecified atom stereocenters. The molecule has 1 heterocycles. The van der Waals surface area contributed by atoms with E-state index in [0.717, 1.165) is 50.6 Å². The Morgan fingerprint density at radius 2 is 1.45 bits per heavy atom. The zero-order chi connectivity index (χ0) is 34.3.